The van der Waals surface area contributed by atoms with Gasteiger partial charge < -0.3 is 0 Å². The van der Waals surface area contributed by atoms with Crippen LogP contribution in [-0.2, 0) is 0 Å². The van der Waals surface area contributed by atoms with E-state index in [1.807, 2.05) is 6.20 Å². The minimum absolute atomic E-state index is 0.359. The van der Waals surface area contributed by atoms with Crippen molar-refractivity contribution in [2.45, 2.75) is 78.8 Å². The molecule has 0 spiro atoms. The van der Waals surface area contributed by atoms with Crippen molar-refractivity contribution < 1.29 is 18.0 Å². The van der Waals surface area contributed by atoms with Gasteiger partial charge in [0.1, 0.15) is 0 Å². The van der Waals surface area contributed by atoms with Crippen LogP contribution in [0.4, 0.5) is 13.2 Å². The molecular formula is C19H29F3N2OSSn. The van der Waals surface area contributed by atoms with E-state index in [9.17, 15) is 18.0 Å². The van der Waals surface area contributed by atoms with Crippen molar-refractivity contribution in [3.8, 4) is 0 Å². The summed E-state index contributed by atoms with van der Waals surface area (Å²) in [6, 6.07) is 0. The number of alkyl halides is 3. The Hall–Kier alpha value is -0.571. The molecule has 0 unspecified atom stereocenters. The van der Waals surface area contributed by atoms with E-state index >= 15 is 0 Å². The number of nitrogens with zero attached hydrogens (tertiary/aromatic N) is 2. The fraction of sp³-hybridized carbons (Fsp3) is 0.684. The van der Waals surface area contributed by atoms with Gasteiger partial charge in [0.25, 0.3) is 0 Å². The Balaban J connectivity index is 2.49. The third-order valence-electron chi connectivity index (χ3n) is 5.23. The molecular weight excluding hydrogens is 480 g/mol. The fourth-order valence-corrected chi connectivity index (χ4v) is 23.6. The van der Waals surface area contributed by atoms with Crippen LogP contribution in [0.3, 0.4) is 0 Å². The number of hydrogen-bond acceptors (Lipinski definition) is 3. The molecule has 0 saturated heterocycles. The number of rotatable bonds is 11. The standard InChI is InChI=1S/C7H2F3N2OS.3C4H9.Sn/c8-7(9,10)5(13)4-6-12(3-11-4)1-2-14-6;3*1-3-4-2;/h1,3H;3*1,3-4H2,2H3;. The summed E-state index contributed by atoms with van der Waals surface area (Å²) in [6.07, 6.45) is 5.45. The van der Waals surface area contributed by atoms with Crippen molar-refractivity contribution in [2.24, 2.45) is 0 Å². The van der Waals surface area contributed by atoms with Crippen molar-refractivity contribution in [3.05, 3.63) is 18.2 Å². The van der Waals surface area contributed by atoms with E-state index in [0.717, 1.165) is 19.3 Å². The molecule has 0 saturated carbocycles. The predicted octanol–water partition coefficient (Wildman–Crippen LogP) is 6.20. The molecule has 0 aliphatic heterocycles. The van der Waals surface area contributed by atoms with Crippen LogP contribution >= 0.6 is 11.3 Å². The summed E-state index contributed by atoms with van der Waals surface area (Å²) >= 11 is -1.31. The van der Waals surface area contributed by atoms with Crippen LogP contribution in [0, 0.1) is 0 Å². The van der Waals surface area contributed by atoms with Crippen molar-refractivity contribution in [1.29, 1.82) is 0 Å². The van der Waals surface area contributed by atoms with E-state index in [1.54, 1.807) is 4.40 Å². The summed E-state index contributed by atoms with van der Waals surface area (Å²) in [5.41, 5.74) is -0.444. The van der Waals surface area contributed by atoms with E-state index < -0.39 is 36.0 Å². The Bertz CT molecular complexity index is 732. The molecule has 2 rings (SSSR count). The summed E-state index contributed by atoms with van der Waals surface area (Å²) in [6.45, 7) is 6.58. The SMILES string of the molecule is CCC[CH2][Sn]([CH2]CCC)([CH2]CCC)[c]1cn2cnc(C(=O)C(F)(F)F)c2s1. The molecule has 0 amide bonds. The zero-order chi connectivity index (χ0) is 20.1. The zero-order valence-corrected chi connectivity index (χ0v) is 20.0. The number of fused-ring (bicyclic) bond motifs is 1. The summed E-state index contributed by atoms with van der Waals surface area (Å²) in [7, 11) is 0. The van der Waals surface area contributed by atoms with E-state index in [2.05, 4.69) is 25.8 Å². The first-order chi connectivity index (χ1) is 12.8. The number of ketones is 1. The number of hydrogen-bond donors (Lipinski definition) is 0. The van der Waals surface area contributed by atoms with Gasteiger partial charge in [-0.25, -0.2) is 0 Å². The van der Waals surface area contributed by atoms with Gasteiger partial charge in [0.05, 0.1) is 0 Å². The molecule has 0 radical (unpaired) electrons. The van der Waals surface area contributed by atoms with Crippen LogP contribution in [0.1, 0.15) is 69.8 Å². The molecule has 0 aromatic carbocycles. The summed E-state index contributed by atoms with van der Waals surface area (Å²) < 4.78 is 45.4. The molecule has 2 aromatic rings. The molecule has 0 N–H and O–H groups in total. The number of Topliss-reactive ketones (excluding diaryl/α,β-unsaturated/α-hetero) is 1. The average molecular weight is 509 g/mol. The first kappa shape index (κ1) is 22.7. The zero-order valence-electron chi connectivity index (χ0n) is 16.4. The van der Waals surface area contributed by atoms with Crippen LogP contribution in [0.2, 0.25) is 13.3 Å². The second-order valence-electron chi connectivity index (χ2n) is 7.32. The normalized spacial score (nSPS) is 12.8. The Morgan fingerprint density at radius 2 is 1.59 bits per heavy atom. The topological polar surface area (TPSA) is 34.4 Å². The van der Waals surface area contributed by atoms with E-state index in [-0.39, 0.29) is 0 Å². The molecule has 27 heavy (non-hydrogen) atoms. The van der Waals surface area contributed by atoms with Crippen molar-refractivity contribution in [1.82, 2.24) is 9.38 Å². The van der Waals surface area contributed by atoms with E-state index in [1.165, 1.54) is 53.1 Å². The third-order valence-corrected chi connectivity index (χ3v) is 24.5. The maximum atomic E-state index is 12.9. The number of thiazole rings is 1. The molecule has 8 heteroatoms. The number of halogens is 3. The number of imidazole rings is 1. The van der Waals surface area contributed by atoms with Gasteiger partial charge >= 0.3 is 168 Å². The first-order valence-corrected chi connectivity index (χ1v) is 18.2. The molecule has 0 bridgehead atoms. The fourth-order valence-electron chi connectivity index (χ4n) is 3.62. The molecule has 152 valence electrons. The Morgan fingerprint density at radius 1 is 1.07 bits per heavy atom. The second-order valence-corrected chi connectivity index (χ2v) is 22.5. The molecule has 2 heterocycles. The predicted molar refractivity (Wildman–Crippen MR) is 108 cm³/mol. The van der Waals surface area contributed by atoms with Gasteiger partial charge in [-0.15, -0.1) is 0 Å². The molecule has 0 aliphatic rings. The van der Waals surface area contributed by atoms with Crippen molar-refractivity contribution in [2.75, 3.05) is 0 Å². The van der Waals surface area contributed by atoms with E-state index in [4.69, 9.17) is 0 Å². The van der Waals surface area contributed by atoms with Crippen molar-refractivity contribution >= 4 is 43.2 Å². The number of aromatic nitrogens is 2. The molecule has 2 aromatic heterocycles. The van der Waals surface area contributed by atoms with Gasteiger partial charge in [-0.05, 0) is 0 Å². The number of unbranched alkanes of at least 4 members (excludes halogenated alkanes) is 3. The van der Waals surface area contributed by atoms with Gasteiger partial charge in [-0.3, -0.25) is 0 Å². The minimum atomic E-state index is -4.88. The Morgan fingerprint density at radius 3 is 2.04 bits per heavy atom. The van der Waals surface area contributed by atoms with Gasteiger partial charge in [0.2, 0.25) is 0 Å². The number of carbonyl (C=O) groups is 1. The van der Waals surface area contributed by atoms with Gasteiger partial charge in [-0.2, -0.15) is 0 Å². The van der Waals surface area contributed by atoms with Crippen LogP contribution in [-0.4, -0.2) is 39.7 Å². The van der Waals surface area contributed by atoms with Crippen LogP contribution < -0.4 is 2.89 Å². The molecule has 0 fully saturated rings. The molecule has 0 aliphatic carbocycles. The van der Waals surface area contributed by atoms with Gasteiger partial charge in [0, 0.05) is 0 Å². The Kier molecular flexibility index (Phi) is 8.21. The van der Waals surface area contributed by atoms with Crippen molar-refractivity contribution in [3.63, 3.8) is 0 Å². The first-order valence-electron chi connectivity index (χ1n) is 9.87. The Labute approximate surface area is 167 Å². The monoisotopic (exact) mass is 510 g/mol. The summed E-state index contributed by atoms with van der Waals surface area (Å²) in [4.78, 5) is 15.9. The maximum absolute atomic E-state index is 12.9. The van der Waals surface area contributed by atoms with Gasteiger partial charge in [0.15, 0.2) is 0 Å². The van der Waals surface area contributed by atoms with Crippen LogP contribution in [0.15, 0.2) is 12.5 Å². The van der Waals surface area contributed by atoms with Gasteiger partial charge in [-0.1, -0.05) is 0 Å². The third kappa shape index (κ3) is 5.28. The second kappa shape index (κ2) is 9.76. The van der Waals surface area contributed by atoms with Crippen LogP contribution in [0.5, 0.6) is 0 Å². The molecule has 0 atom stereocenters. The van der Waals surface area contributed by atoms with Crippen LogP contribution in [0.25, 0.3) is 4.83 Å². The summed E-state index contributed by atoms with van der Waals surface area (Å²) in [5.74, 6) is -1.84. The number of carbonyl (C=O) groups excluding carboxylic acids is 1. The molecule has 3 nitrogen and oxygen atoms in total. The summed E-state index contributed by atoms with van der Waals surface area (Å²) in [5, 5.41) is 0. The van der Waals surface area contributed by atoms with E-state index in [0.29, 0.717) is 4.83 Å². The average Bonchev–Trinajstić information content (AvgIpc) is 3.21. The quantitative estimate of drug-likeness (QED) is 0.267.